The van der Waals surface area contributed by atoms with Gasteiger partial charge in [0, 0.05) is 17.8 Å². The highest BCUT2D eigenvalue weighted by atomic mass is 35.5. The number of ketones is 1. The van der Waals surface area contributed by atoms with E-state index in [1.807, 2.05) is 12.1 Å². The first-order valence-corrected chi connectivity index (χ1v) is 10.7. The molecule has 2 N–H and O–H groups in total. The van der Waals surface area contributed by atoms with Gasteiger partial charge in [0.1, 0.15) is 5.82 Å². The Morgan fingerprint density at radius 1 is 0.967 bits per heavy atom. The Kier molecular flexibility index (Phi) is 5.93. The Labute approximate surface area is 185 Å². The molecule has 1 aromatic heterocycles. The van der Waals surface area contributed by atoms with Gasteiger partial charge in [-0.15, -0.1) is 0 Å². The predicted molar refractivity (Wildman–Crippen MR) is 123 cm³/mol. The summed E-state index contributed by atoms with van der Waals surface area (Å²) in [6, 6.07) is 13.4. The van der Waals surface area contributed by atoms with Crippen LogP contribution in [0.3, 0.4) is 0 Å². The fourth-order valence-corrected chi connectivity index (χ4v) is 3.88. The summed E-state index contributed by atoms with van der Waals surface area (Å²) in [4.78, 5) is 22.1. The molecule has 1 atom stereocenters. The number of hydrogen-bond donors (Lipinski definition) is 2. The highest BCUT2D eigenvalue weighted by Gasteiger charge is 2.28. The van der Waals surface area contributed by atoms with E-state index < -0.39 is 0 Å². The molecule has 1 unspecified atom stereocenters. The van der Waals surface area contributed by atoms with Crippen LogP contribution in [0.1, 0.15) is 41.9 Å². The van der Waals surface area contributed by atoms with E-state index >= 15 is 0 Å². The standard InChI is InChI=1S/C23H22Cl2N4O/c1-3-14-4-6-15(7-5-14)27-23-28-19-10-13(2)11-20(30)21(19)22(29-23)26-16-8-9-17(24)18(25)12-16/h4-9,12-13H,3,10-11H2,1-2H3,(H2,26,27,28,29). The second-order valence-electron chi connectivity index (χ2n) is 7.58. The van der Waals surface area contributed by atoms with Crippen molar-refractivity contribution in [1.29, 1.82) is 0 Å². The van der Waals surface area contributed by atoms with Crippen molar-refractivity contribution in [2.24, 2.45) is 5.92 Å². The third kappa shape index (κ3) is 4.42. The molecule has 0 radical (unpaired) electrons. The van der Waals surface area contributed by atoms with E-state index in [2.05, 4.69) is 46.6 Å². The van der Waals surface area contributed by atoms with Crippen molar-refractivity contribution in [3.63, 3.8) is 0 Å². The monoisotopic (exact) mass is 440 g/mol. The van der Waals surface area contributed by atoms with Crippen molar-refractivity contribution < 1.29 is 4.79 Å². The van der Waals surface area contributed by atoms with E-state index in [1.54, 1.807) is 18.2 Å². The van der Waals surface area contributed by atoms with Crippen LogP contribution in [-0.4, -0.2) is 15.8 Å². The summed E-state index contributed by atoms with van der Waals surface area (Å²) < 4.78 is 0. The molecule has 0 saturated heterocycles. The van der Waals surface area contributed by atoms with E-state index in [-0.39, 0.29) is 11.7 Å². The zero-order valence-corrected chi connectivity index (χ0v) is 18.3. The number of benzene rings is 2. The van der Waals surface area contributed by atoms with Gasteiger partial charge in [-0.3, -0.25) is 4.79 Å². The van der Waals surface area contributed by atoms with Gasteiger partial charge in [0.25, 0.3) is 0 Å². The number of halogens is 2. The number of aromatic nitrogens is 2. The van der Waals surface area contributed by atoms with Crippen molar-refractivity contribution in [2.75, 3.05) is 10.6 Å². The number of aryl methyl sites for hydroxylation is 1. The maximum absolute atomic E-state index is 12.8. The molecule has 0 spiro atoms. The molecule has 5 nitrogen and oxygen atoms in total. The zero-order valence-electron chi connectivity index (χ0n) is 16.8. The maximum atomic E-state index is 12.8. The van der Waals surface area contributed by atoms with Crippen molar-refractivity contribution in [3.8, 4) is 0 Å². The molecule has 1 aliphatic rings. The third-order valence-electron chi connectivity index (χ3n) is 5.14. The minimum Gasteiger partial charge on any atom is -0.339 e. The molecule has 0 amide bonds. The normalized spacial score (nSPS) is 15.6. The summed E-state index contributed by atoms with van der Waals surface area (Å²) >= 11 is 12.2. The average molecular weight is 441 g/mol. The number of fused-ring (bicyclic) bond motifs is 1. The van der Waals surface area contributed by atoms with Gasteiger partial charge in [0.15, 0.2) is 5.78 Å². The van der Waals surface area contributed by atoms with Crippen LogP contribution in [0.25, 0.3) is 0 Å². The molecule has 154 valence electrons. The van der Waals surface area contributed by atoms with Gasteiger partial charge in [-0.05, 0) is 54.7 Å². The summed E-state index contributed by atoms with van der Waals surface area (Å²) in [6.45, 7) is 4.18. The average Bonchev–Trinajstić information content (AvgIpc) is 2.70. The first-order valence-electron chi connectivity index (χ1n) is 9.95. The van der Waals surface area contributed by atoms with Gasteiger partial charge < -0.3 is 10.6 Å². The van der Waals surface area contributed by atoms with E-state index in [9.17, 15) is 4.79 Å². The van der Waals surface area contributed by atoms with Gasteiger partial charge >= 0.3 is 0 Å². The fourth-order valence-electron chi connectivity index (χ4n) is 3.58. The Hall–Kier alpha value is -2.63. The molecular formula is C23H22Cl2N4O. The predicted octanol–water partition coefficient (Wildman–Crippen LogP) is 6.60. The number of hydrogen-bond acceptors (Lipinski definition) is 5. The molecule has 3 aromatic rings. The number of nitrogens with one attached hydrogen (secondary N) is 2. The lowest BCUT2D eigenvalue weighted by Gasteiger charge is -2.23. The number of rotatable bonds is 5. The van der Waals surface area contributed by atoms with Crippen LogP contribution >= 0.6 is 23.2 Å². The molecule has 30 heavy (non-hydrogen) atoms. The largest absolute Gasteiger partial charge is 0.339 e. The van der Waals surface area contributed by atoms with E-state index in [0.29, 0.717) is 39.5 Å². The SMILES string of the molecule is CCc1ccc(Nc2nc3c(c(Nc4ccc(Cl)c(Cl)c4)n2)C(=O)CC(C)C3)cc1. The highest BCUT2D eigenvalue weighted by molar-refractivity contribution is 6.42. The summed E-state index contributed by atoms with van der Waals surface area (Å²) in [5.74, 6) is 1.21. The minimum atomic E-state index is 0.0464. The molecular weight excluding hydrogens is 419 g/mol. The molecule has 4 rings (SSSR count). The molecule has 0 fully saturated rings. The lowest BCUT2D eigenvalue weighted by molar-refractivity contribution is 0.0953. The molecule has 0 aliphatic heterocycles. The second-order valence-corrected chi connectivity index (χ2v) is 8.40. The first kappa shape index (κ1) is 20.6. The Morgan fingerprint density at radius 2 is 1.70 bits per heavy atom. The lowest BCUT2D eigenvalue weighted by atomic mass is 9.87. The smallest absolute Gasteiger partial charge is 0.229 e. The summed E-state index contributed by atoms with van der Waals surface area (Å²) in [5.41, 5.74) is 4.15. The maximum Gasteiger partial charge on any atom is 0.229 e. The summed E-state index contributed by atoms with van der Waals surface area (Å²) in [7, 11) is 0. The van der Waals surface area contributed by atoms with Crippen LogP contribution < -0.4 is 10.6 Å². The van der Waals surface area contributed by atoms with Crippen LogP contribution in [0.4, 0.5) is 23.1 Å². The van der Waals surface area contributed by atoms with Crippen molar-refractivity contribution in [2.45, 2.75) is 33.1 Å². The zero-order chi connectivity index (χ0) is 21.3. The number of carbonyl (C=O) groups is 1. The number of Topliss-reactive ketones (excluding diaryl/α,β-unsaturated/α-hetero) is 1. The van der Waals surface area contributed by atoms with Crippen molar-refractivity contribution in [3.05, 3.63) is 69.3 Å². The first-order chi connectivity index (χ1) is 14.4. The molecule has 2 aromatic carbocycles. The Morgan fingerprint density at radius 3 is 2.40 bits per heavy atom. The quantitative estimate of drug-likeness (QED) is 0.467. The van der Waals surface area contributed by atoms with E-state index in [4.69, 9.17) is 23.2 Å². The highest BCUT2D eigenvalue weighted by Crippen LogP contribution is 2.33. The van der Waals surface area contributed by atoms with Gasteiger partial charge in [0.05, 0.1) is 21.3 Å². The molecule has 1 heterocycles. The Bertz CT molecular complexity index is 1100. The second kappa shape index (κ2) is 8.62. The van der Waals surface area contributed by atoms with Gasteiger partial charge in [-0.1, -0.05) is 49.2 Å². The van der Waals surface area contributed by atoms with E-state index in [1.165, 1.54) is 5.56 Å². The number of nitrogens with zero attached hydrogens (tertiary/aromatic N) is 2. The topological polar surface area (TPSA) is 66.9 Å². The van der Waals surface area contributed by atoms with Gasteiger partial charge in [0.2, 0.25) is 5.95 Å². The molecule has 0 saturated carbocycles. The van der Waals surface area contributed by atoms with Crippen LogP contribution in [-0.2, 0) is 12.8 Å². The molecule has 0 bridgehead atoms. The third-order valence-corrected chi connectivity index (χ3v) is 5.88. The molecule has 1 aliphatic carbocycles. The number of anilines is 4. The van der Waals surface area contributed by atoms with Gasteiger partial charge in [-0.2, -0.15) is 4.98 Å². The van der Waals surface area contributed by atoms with Crippen LogP contribution in [0.15, 0.2) is 42.5 Å². The summed E-state index contributed by atoms with van der Waals surface area (Å²) in [6.07, 6.45) is 2.19. The lowest BCUT2D eigenvalue weighted by Crippen LogP contribution is -2.22. The van der Waals surface area contributed by atoms with Crippen LogP contribution in [0, 0.1) is 5.92 Å². The minimum absolute atomic E-state index is 0.0464. The fraction of sp³-hybridized carbons (Fsp3) is 0.261. The molecule has 7 heteroatoms. The summed E-state index contributed by atoms with van der Waals surface area (Å²) in [5, 5.41) is 7.39. The van der Waals surface area contributed by atoms with Crippen molar-refractivity contribution in [1.82, 2.24) is 9.97 Å². The van der Waals surface area contributed by atoms with E-state index in [0.717, 1.165) is 24.2 Å². The van der Waals surface area contributed by atoms with Crippen LogP contribution in [0.5, 0.6) is 0 Å². The Balaban J connectivity index is 1.72. The van der Waals surface area contributed by atoms with Crippen molar-refractivity contribution >= 4 is 52.1 Å². The van der Waals surface area contributed by atoms with Gasteiger partial charge in [-0.25, -0.2) is 4.98 Å². The number of carbonyl (C=O) groups excluding carboxylic acids is 1. The van der Waals surface area contributed by atoms with Crippen LogP contribution in [0.2, 0.25) is 10.0 Å².